The van der Waals surface area contributed by atoms with Crippen LogP contribution in [0.15, 0.2) is 21.1 Å². The van der Waals surface area contributed by atoms with Gasteiger partial charge in [-0.15, -0.1) is 0 Å². The van der Waals surface area contributed by atoms with Crippen LogP contribution in [0.2, 0.25) is 0 Å². The van der Waals surface area contributed by atoms with E-state index in [9.17, 15) is 10.1 Å². The summed E-state index contributed by atoms with van der Waals surface area (Å²) in [6.07, 6.45) is 1.99. The lowest BCUT2D eigenvalue weighted by molar-refractivity contribution is -0.385. The molecular formula is C13H16Br3NO3. The summed E-state index contributed by atoms with van der Waals surface area (Å²) in [4.78, 5) is 10.4. The Bertz CT molecular complexity index is 458. The molecule has 4 nitrogen and oxygen atoms in total. The van der Waals surface area contributed by atoms with Crippen molar-refractivity contribution in [1.82, 2.24) is 0 Å². The Kier molecular flexibility index (Phi) is 6.94. The van der Waals surface area contributed by atoms with Gasteiger partial charge in [0, 0.05) is 22.9 Å². The predicted octanol–water partition coefficient (Wildman–Crippen LogP) is 5.70. The molecule has 0 radical (unpaired) electrons. The van der Waals surface area contributed by atoms with Crippen LogP contribution in [0, 0.1) is 15.5 Å². The average molecular weight is 474 g/mol. The molecule has 0 saturated heterocycles. The first-order valence-corrected chi connectivity index (χ1v) is 8.92. The minimum atomic E-state index is -0.430. The Hall–Kier alpha value is -0.140. The number of non-ortho nitro benzene ring substituents is 1. The van der Waals surface area contributed by atoms with Crippen molar-refractivity contribution in [1.29, 1.82) is 0 Å². The van der Waals surface area contributed by atoms with E-state index in [0.29, 0.717) is 21.3 Å². The molecule has 0 bridgehead atoms. The second-order valence-corrected chi connectivity index (χ2v) is 6.89. The number of nitro groups is 1. The van der Waals surface area contributed by atoms with Crippen LogP contribution in [0.1, 0.15) is 26.7 Å². The van der Waals surface area contributed by atoms with Crippen LogP contribution in [-0.2, 0) is 0 Å². The van der Waals surface area contributed by atoms with E-state index in [-0.39, 0.29) is 11.1 Å². The van der Waals surface area contributed by atoms with Gasteiger partial charge in [0.1, 0.15) is 5.75 Å². The second-order valence-electron chi connectivity index (χ2n) is 4.63. The maximum atomic E-state index is 10.8. The summed E-state index contributed by atoms with van der Waals surface area (Å²) in [6, 6.07) is 2.90. The van der Waals surface area contributed by atoms with E-state index in [1.807, 2.05) is 0 Å². The van der Waals surface area contributed by atoms with Gasteiger partial charge < -0.3 is 4.74 Å². The molecule has 0 atom stereocenters. The molecule has 0 heterocycles. The van der Waals surface area contributed by atoms with Crippen LogP contribution in [0.25, 0.3) is 0 Å². The van der Waals surface area contributed by atoms with Crippen molar-refractivity contribution in [3.05, 3.63) is 31.2 Å². The molecule has 1 rings (SSSR count). The number of halogens is 3. The highest BCUT2D eigenvalue weighted by atomic mass is 79.9. The number of ether oxygens (including phenoxy) is 1. The Morgan fingerprint density at radius 2 is 1.75 bits per heavy atom. The fourth-order valence-corrected chi connectivity index (χ4v) is 4.04. The maximum absolute atomic E-state index is 10.8. The summed E-state index contributed by atoms with van der Waals surface area (Å²) in [5.41, 5.74) is 0.0922. The van der Waals surface area contributed by atoms with Gasteiger partial charge in [0.15, 0.2) is 0 Å². The first kappa shape index (κ1) is 17.9. The van der Waals surface area contributed by atoms with Crippen molar-refractivity contribution < 1.29 is 9.66 Å². The van der Waals surface area contributed by atoms with Crippen LogP contribution in [0.4, 0.5) is 5.69 Å². The van der Waals surface area contributed by atoms with Crippen LogP contribution in [0.5, 0.6) is 5.75 Å². The van der Waals surface area contributed by atoms with Gasteiger partial charge >= 0.3 is 0 Å². The summed E-state index contributed by atoms with van der Waals surface area (Å²) in [5.74, 6) is 0.600. The topological polar surface area (TPSA) is 52.4 Å². The van der Waals surface area contributed by atoms with Crippen molar-refractivity contribution in [2.24, 2.45) is 5.41 Å². The van der Waals surface area contributed by atoms with Crippen LogP contribution < -0.4 is 4.74 Å². The quantitative estimate of drug-likeness (QED) is 0.290. The lowest BCUT2D eigenvalue weighted by atomic mass is 9.86. The third-order valence-electron chi connectivity index (χ3n) is 3.50. The zero-order chi connectivity index (χ0) is 15.3. The maximum Gasteiger partial charge on any atom is 0.271 e. The second kappa shape index (κ2) is 7.75. The Morgan fingerprint density at radius 3 is 2.10 bits per heavy atom. The third kappa shape index (κ3) is 4.18. The standard InChI is InChI=1S/C13H16Br3NO3/c1-3-13(4-2,7-14)8-20-12-10(15)5-9(17(18)19)6-11(12)16/h5-6H,3-4,7-8H2,1-2H3. The molecule has 0 aliphatic carbocycles. The van der Waals surface area contributed by atoms with Crippen molar-refractivity contribution in [2.75, 3.05) is 11.9 Å². The van der Waals surface area contributed by atoms with Crippen LogP contribution in [-0.4, -0.2) is 16.9 Å². The molecule has 112 valence electrons. The Balaban J connectivity index is 2.96. The summed E-state index contributed by atoms with van der Waals surface area (Å²) < 4.78 is 7.05. The minimum Gasteiger partial charge on any atom is -0.491 e. The number of nitro benzene ring substituents is 1. The smallest absolute Gasteiger partial charge is 0.271 e. The highest BCUT2D eigenvalue weighted by molar-refractivity contribution is 9.11. The molecule has 0 aliphatic heterocycles. The van der Waals surface area contributed by atoms with E-state index < -0.39 is 4.92 Å². The molecule has 0 unspecified atom stereocenters. The van der Waals surface area contributed by atoms with Gasteiger partial charge in [-0.2, -0.15) is 0 Å². The van der Waals surface area contributed by atoms with Gasteiger partial charge in [0.25, 0.3) is 5.69 Å². The lowest BCUT2D eigenvalue weighted by Gasteiger charge is -2.29. The van der Waals surface area contributed by atoms with E-state index in [1.165, 1.54) is 12.1 Å². The molecule has 0 fully saturated rings. The van der Waals surface area contributed by atoms with Gasteiger partial charge in [0.05, 0.1) is 20.5 Å². The van der Waals surface area contributed by atoms with E-state index in [4.69, 9.17) is 4.74 Å². The fourth-order valence-electron chi connectivity index (χ4n) is 1.70. The number of alkyl halides is 1. The van der Waals surface area contributed by atoms with Crippen molar-refractivity contribution >= 4 is 53.5 Å². The third-order valence-corrected chi connectivity index (χ3v) is 5.87. The number of rotatable bonds is 7. The molecule has 1 aromatic rings. The summed E-state index contributed by atoms with van der Waals surface area (Å²) in [7, 11) is 0. The highest BCUT2D eigenvalue weighted by Gasteiger charge is 2.27. The molecule has 20 heavy (non-hydrogen) atoms. The fraction of sp³-hybridized carbons (Fsp3) is 0.538. The number of nitrogens with zero attached hydrogens (tertiary/aromatic N) is 1. The van der Waals surface area contributed by atoms with Gasteiger partial charge in [0.2, 0.25) is 0 Å². The van der Waals surface area contributed by atoms with Gasteiger partial charge in [-0.1, -0.05) is 29.8 Å². The Labute approximate surface area is 143 Å². The molecular weight excluding hydrogens is 458 g/mol. The molecule has 0 N–H and O–H groups in total. The first-order valence-electron chi connectivity index (χ1n) is 6.21. The van der Waals surface area contributed by atoms with Crippen molar-refractivity contribution in [3.8, 4) is 5.75 Å². The molecule has 0 aliphatic rings. The van der Waals surface area contributed by atoms with E-state index in [1.54, 1.807) is 0 Å². The summed E-state index contributed by atoms with van der Waals surface area (Å²) in [5, 5.41) is 11.6. The van der Waals surface area contributed by atoms with Gasteiger partial charge in [-0.05, 0) is 44.7 Å². The van der Waals surface area contributed by atoms with Crippen molar-refractivity contribution in [2.45, 2.75) is 26.7 Å². The number of hydrogen-bond acceptors (Lipinski definition) is 3. The molecule has 0 spiro atoms. The molecule has 0 amide bonds. The lowest BCUT2D eigenvalue weighted by Crippen LogP contribution is -2.29. The van der Waals surface area contributed by atoms with Crippen LogP contribution >= 0.6 is 47.8 Å². The van der Waals surface area contributed by atoms with Crippen molar-refractivity contribution in [3.63, 3.8) is 0 Å². The first-order chi connectivity index (χ1) is 9.39. The SMILES string of the molecule is CCC(CC)(CBr)COc1c(Br)cc([N+](=O)[O-])cc1Br. The van der Waals surface area contributed by atoms with E-state index in [2.05, 4.69) is 61.6 Å². The molecule has 0 aromatic heterocycles. The highest BCUT2D eigenvalue weighted by Crippen LogP contribution is 2.39. The molecule has 7 heteroatoms. The minimum absolute atomic E-state index is 0.0221. The average Bonchev–Trinajstić information content (AvgIpc) is 2.42. The summed E-state index contributed by atoms with van der Waals surface area (Å²) in [6.45, 7) is 4.82. The molecule has 1 aromatic carbocycles. The van der Waals surface area contributed by atoms with E-state index >= 15 is 0 Å². The summed E-state index contributed by atoms with van der Waals surface area (Å²) >= 11 is 10.2. The zero-order valence-electron chi connectivity index (χ0n) is 11.3. The normalized spacial score (nSPS) is 11.4. The van der Waals surface area contributed by atoms with Crippen LogP contribution in [0.3, 0.4) is 0 Å². The Morgan fingerprint density at radius 1 is 1.25 bits per heavy atom. The number of hydrogen-bond donors (Lipinski definition) is 0. The zero-order valence-corrected chi connectivity index (χ0v) is 16.0. The van der Waals surface area contributed by atoms with E-state index in [0.717, 1.165) is 18.2 Å². The van der Waals surface area contributed by atoms with Gasteiger partial charge in [-0.3, -0.25) is 10.1 Å². The molecule has 0 saturated carbocycles. The monoisotopic (exact) mass is 471 g/mol. The predicted molar refractivity (Wildman–Crippen MR) is 90.8 cm³/mol. The number of benzene rings is 1. The largest absolute Gasteiger partial charge is 0.491 e. The van der Waals surface area contributed by atoms with Gasteiger partial charge in [-0.25, -0.2) is 0 Å².